The summed E-state index contributed by atoms with van der Waals surface area (Å²) in [5, 5.41) is 2.93. The molecule has 166 valence electrons. The molecule has 3 aromatic rings. The zero-order chi connectivity index (χ0) is 23.7. The number of thiocarbonyl (C=S) groups is 1. The number of nitrogens with zero attached hydrogens (tertiary/aromatic N) is 1. The maximum absolute atomic E-state index is 13.2. The van der Waals surface area contributed by atoms with Crippen molar-refractivity contribution < 1.29 is 23.5 Å². The standard InChI is InChI=1S/C24H17ClN2O5S/c1-13-7-8-14(11-19(13)25)27-22(29)18(21(28)26-24(27)33)12-15-9-10-20(32-15)16-5-3-4-6-17(16)23(30)31-2/h3-12H,1-2H3,(H,26,28,33)/b18-12+. The van der Waals surface area contributed by atoms with Crippen molar-refractivity contribution >= 4 is 58.5 Å². The van der Waals surface area contributed by atoms with Crippen LogP contribution in [0.15, 0.2) is 64.6 Å². The number of halogens is 1. The maximum Gasteiger partial charge on any atom is 0.338 e. The van der Waals surface area contributed by atoms with Crippen LogP contribution >= 0.6 is 23.8 Å². The van der Waals surface area contributed by atoms with Crippen LogP contribution in [-0.4, -0.2) is 30.0 Å². The lowest BCUT2D eigenvalue weighted by atomic mass is 10.1. The van der Waals surface area contributed by atoms with Crippen molar-refractivity contribution in [3.05, 3.63) is 82.1 Å². The Balaban J connectivity index is 1.70. The van der Waals surface area contributed by atoms with Gasteiger partial charge in [0, 0.05) is 10.6 Å². The zero-order valence-electron chi connectivity index (χ0n) is 17.5. The molecule has 1 fully saturated rings. The average Bonchev–Trinajstić information content (AvgIpc) is 3.27. The van der Waals surface area contributed by atoms with Crippen molar-refractivity contribution in [3.63, 3.8) is 0 Å². The smallest absolute Gasteiger partial charge is 0.338 e. The molecule has 7 nitrogen and oxygen atoms in total. The molecule has 2 amide bonds. The van der Waals surface area contributed by atoms with E-state index in [0.29, 0.717) is 27.6 Å². The quantitative estimate of drug-likeness (QED) is 0.255. The average molecular weight is 481 g/mol. The SMILES string of the molecule is COC(=O)c1ccccc1-c1ccc(/C=C2\C(=O)NC(=S)N(c3ccc(C)c(Cl)c3)C2=O)o1. The summed E-state index contributed by atoms with van der Waals surface area (Å²) in [6.07, 6.45) is 1.33. The number of ether oxygens (including phenoxy) is 1. The predicted molar refractivity (Wildman–Crippen MR) is 128 cm³/mol. The lowest BCUT2D eigenvalue weighted by Gasteiger charge is -2.29. The third-order valence-corrected chi connectivity index (χ3v) is 5.72. The van der Waals surface area contributed by atoms with Crippen molar-refractivity contribution in [2.75, 3.05) is 12.0 Å². The second-order valence-electron chi connectivity index (χ2n) is 7.13. The Morgan fingerprint density at radius 3 is 2.64 bits per heavy atom. The number of carbonyl (C=O) groups excluding carboxylic acids is 3. The highest BCUT2D eigenvalue weighted by Gasteiger charge is 2.35. The number of anilines is 1. The molecule has 4 rings (SSSR count). The highest BCUT2D eigenvalue weighted by Crippen LogP contribution is 2.29. The first-order chi connectivity index (χ1) is 15.8. The molecule has 1 aromatic heterocycles. The van der Waals surface area contributed by atoms with Gasteiger partial charge in [0.15, 0.2) is 5.11 Å². The third-order valence-electron chi connectivity index (χ3n) is 5.03. The minimum atomic E-state index is -0.646. The summed E-state index contributed by atoms with van der Waals surface area (Å²) in [7, 11) is 1.29. The van der Waals surface area contributed by atoms with Crippen molar-refractivity contribution in [1.82, 2.24) is 5.32 Å². The largest absolute Gasteiger partial charge is 0.465 e. The molecule has 2 heterocycles. The first kappa shape index (κ1) is 22.4. The Labute approximate surface area is 199 Å². The van der Waals surface area contributed by atoms with Crippen LogP contribution in [0.5, 0.6) is 0 Å². The zero-order valence-corrected chi connectivity index (χ0v) is 19.1. The molecular formula is C24H17ClN2O5S. The number of hydrogen-bond acceptors (Lipinski definition) is 6. The van der Waals surface area contributed by atoms with Gasteiger partial charge in [-0.3, -0.25) is 19.8 Å². The van der Waals surface area contributed by atoms with Crippen molar-refractivity contribution in [2.45, 2.75) is 6.92 Å². The number of rotatable bonds is 4. The number of benzene rings is 2. The molecule has 0 atom stereocenters. The van der Waals surface area contributed by atoms with Crippen molar-refractivity contribution in [3.8, 4) is 11.3 Å². The van der Waals surface area contributed by atoms with Crippen LogP contribution in [0.2, 0.25) is 5.02 Å². The second kappa shape index (κ2) is 9.01. The molecule has 0 spiro atoms. The van der Waals surface area contributed by atoms with Gasteiger partial charge in [-0.15, -0.1) is 0 Å². The number of hydrogen-bond donors (Lipinski definition) is 1. The van der Waals surface area contributed by atoms with Gasteiger partial charge in [-0.2, -0.15) is 0 Å². The Morgan fingerprint density at radius 1 is 1.15 bits per heavy atom. The first-order valence-electron chi connectivity index (χ1n) is 9.75. The fourth-order valence-electron chi connectivity index (χ4n) is 3.32. The van der Waals surface area contributed by atoms with Gasteiger partial charge >= 0.3 is 5.97 Å². The van der Waals surface area contributed by atoms with Gasteiger partial charge in [0.1, 0.15) is 17.1 Å². The first-order valence-corrected chi connectivity index (χ1v) is 10.5. The molecule has 1 aliphatic heterocycles. The van der Waals surface area contributed by atoms with Crippen molar-refractivity contribution in [1.29, 1.82) is 0 Å². The molecule has 0 saturated carbocycles. The van der Waals surface area contributed by atoms with Crippen LogP contribution in [-0.2, 0) is 14.3 Å². The summed E-state index contributed by atoms with van der Waals surface area (Å²) in [5.41, 5.74) is 1.95. The van der Waals surface area contributed by atoms with Crippen molar-refractivity contribution in [2.24, 2.45) is 0 Å². The fraction of sp³-hybridized carbons (Fsp3) is 0.0833. The molecule has 2 aromatic carbocycles. The van der Waals surface area contributed by atoms with Crippen LogP contribution in [0.25, 0.3) is 17.4 Å². The van der Waals surface area contributed by atoms with E-state index < -0.39 is 17.8 Å². The number of esters is 1. The molecule has 0 radical (unpaired) electrons. The van der Waals surface area contributed by atoms with Gasteiger partial charge in [-0.05, 0) is 61.1 Å². The Hall–Kier alpha value is -3.75. The van der Waals surface area contributed by atoms with E-state index in [2.05, 4.69) is 5.32 Å². The molecule has 33 heavy (non-hydrogen) atoms. The monoisotopic (exact) mass is 480 g/mol. The molecule has 0 bridgehead atoms. The van der Waals surface area contributed by atoms with Crippen LogP contribution in [0, 0.1) is 6.92 Å². The second-order valence-corrected chi connectivity index (χ2v) is 7.92. The van der Waals surface area contributed by atoms with Crippen LogP contribution in [0.1, 0.15) is 21.7 Å². The van der Waals surface area contributed by atoms with E-state index in [4.69, 9.17) is 33.0 Å². The van der Waals surface area contributed by atoms with Gasteiger partial charge in [0.25, 0.3) is 11.8 Å². The lowest BCUT2D eigenvalue weighted by Crippen LogP contribution is -2.54. The number of amides is 2. The normalized spacial score (nSPS) is 15.1. The van der Waals surface area contributed by atoms with E-state index >= 15 is 0 Å². The number of furan rings is 1. The topological polar surface area (TPSA) is 88.9 Å². The fourth-order valence-corrected chi connectivity index (χ4v) is 3.77. The summed E-state index contributed by atoms with van der Waals surface area (Å²) in [6.45, 7) is 1.84. The van der Waals surface area contributed by atoms with Gasteiger partial charge in [0.05, 0.1) is 18.4 Å². The minimum Gasteiger partial charge on any atom is -0.465 e. The number of carbonyl (C=O) groups is 3. The molecule has 0 unspecified atom stereocenters. The molecular weight excluding hydrogens is 464 g/mol. The molecule has 1 N–H and O–H groups in total. The predicted octanol–water partition coefficient (Wildman–Crippen LogP) is 4.53. The van der Waals surface area contributed by atoms with Gasteiger partial charge in [-0.1, -0.05) is 35.9 Å². The highest BCUT2D eigenvalue weighted by atomic mass is 35.5. The molecule has 1 aliphatic rings. The highest BCUT2D eigenvalue weighted by molar-refractivity contribution is 7.80. The Kier molecular flexibility index (Phi) is 6.13. The number of nitrogens with one attached hydrogen (secondary N) is 1. The van der Waals surface area contributed by atoms with Gasteiger partial charge in [-0.25, -0.2) is 4.79 Å². The number of aryl methyl sites for hydroxylation is 1. The Morgan fingerprint density at radius 2 is 1.91 bits per heavy atom. The number of methoxy groups -OCH3 is 1. The summed E-state index contributed by atoms with van der Waals surface area (Å²) in [6, 6.07) is 15.1. The molecule has 0 aliphatic carbocycles. The van der Waals surface area contributed by atoms with E-state index in [1.54, 1.807) is 54.6 Å². The minimum absolute atomic E-state index is 0.0470. The summed E-state index contributed by atoms with van der Waals surface area (Å²) in [5.74, 6) is -1.14. The lowest BCUT2D eigenvalue weighted by molar-refractivity contribution is -0.122. The third kappa shape index (κ3) is 4.30. The Bertz CT molecular complexity index is 1340. The van der Waals surface area contributed by atoms with E-state index in [-0.39, 0.29) is 16.4 Å². The molecule has 1 saturated heterocycles. The van der Waals surface area contributed by atoms with E-state index in [1.807, 2.05) is 6.92 Å². The van der Waals surface area contributed by atoms with E-state index in [0.717, 1.165) is 5.56 Å². The van der Waals surface area contributed by atoms with Crippen LogP contribution in [0.3, 0.4) is 0 Å². The van der Waals surface area contributed by atoms with Crippen LogP contribution < -0.4 is 10.2 Å². The summed E-state index contributed by atoms with van der Waals surface area (Å²) < 4.78 is 10.6. The van der Waals surface area contributed by atoms with Crippen LogP contribution in [0.4, 0.5) is 5.69 Å². The van der Waals surface area contributed by atoms with Gasteiger partial charge in [0.2, 0.25) is 0 Å². The summed E-state index contributed by atoms with van der Waals surface area (Å²) in [4.78, 5) is 39.0. The summed E-state index contributed by atoms with van der Waals surface area (Å²) >= 11 is 11.4. The van der Waals surface area contributed by atoms with Gasteiger partial charge < -0.3 is 9.15 Å². The van der Waals surface area contributed by atoms with E-state index in [9.17, 15) is 14.4 Å². The van der Waals surface area contributed by atoms with E-state index in [1.165, 1.54) is 18.1 Å². The molecule has 9 heteroatoms. The maximum atomic E-state index is 13.2.